The summed E-state index contributed by atoms with van der Waals surface area (Å²) in [5.74, 6) is 1.50. The number of anilines is 1. The van der Waals surface area contributed by atoms with Crippen molar-refractivity contribution < 1.29 is 9.47 Å². The Bertz CT molecular complexity index is 521. The largest absolute Gasteiger partial charge is 0.493 e. The molecule has 0 fully saturated rings. The Morgan fingerprint density at radius 2 is 1.72 bits per heavy atom. The van der Waals surface area contributed by atoms with E-state index in [-0.39, 0.29) is 0 Å². The molecule has 3 nitrogen and oxygen atoms in total. The van der Waals surface area contributed by atoms with Gasteiger partial charge in [0, 0.05) is 5.69 Å². The van der Waals surface area contributed by atoms with Crippen molar-refractivity contribution in [1.82, 2.24) is 0 Å². The maximum Gasteiger partial charge on any atom is 0.161 e. The number of aryl methyl sites for hydroxylation is 1. The number of ether oxygens (including phenoxy) is 2. The first-order chi connectivity index (χ1) is 8.69. The van der Waals surface area contributed by atoms with Crippen LogP contribution in [0.4, 0.5) is 5.69 Å². The number of hydrogen-bond donors (Lipinski definition) is 1. The Labute approximate surface area is 107 Å². The molecule has 0 aliphatic heterocycles. The first kappa shape index (κ1) is 12.3. The summed E-state index contributed by atoms with van der Waals surface area (Å²) in [5, 5.41) is 0. The fourth-order valence-electron chi connectivity index (χ4n) is 1.67. The molecule has 18 heavy (non-hydrogen) atoms. The van der Waals surface area contributed by atoms with Crippen LogP contribution in [0.3, 0.4) is 0 Å². The Hall–Kier alpha value is -2.16. The quantitative estimate of drug-likeness (QED) is 0.839. The SMILES string of the molecule is COc1cc(C)ccc1OCc1ccc(N)cc1. The molecule has 0 unspecified atom stereocenters. The van der Waals surface area contributed by atoms with Gasteiger partial charge in [-0.25, -0.2) is 0 Å². The van der Waals surface area contributed by atoms with Crippen LogP contribution in [0.15, 0.2) is 42.5 Å². The van der Waals surface area contributed by atoms with Crippen molar-refractivity contribution >= 4 is 5.69 Å². The molecule has 94 valence electrons. The van der Waals surface area contributed by atoms with Crippen LogP contribution in [-0.4, -0.2) is 7.11 Å². The van der Waals surface area contributed by atoms with E-state index in [1.54, 1.807) is 7.11 Å². The van der Waals surface area contributed by atoms with Gasteiger partial charge in [0.25, 0.3) is 0 Å². The molecule has 0 radical (unpaired) electrons. The van der Waals surface area contributed by atoms with Crippen LogP contribution in [0.5, 0.6) is 11.5 Å². The number of methoxy groups -OCH3 is 1. The molecule has 2 rings (SSSR count). The van der Waals surface area contributed by atoms with Gasteiger partial charge in [0.1, 0.15) is 6.61 Å². The summed E-state index contributed by atoms with van der Waals surface area (Å²) in [6, 6.07) is 13.5. The van der Waals surface area contributed by atoms with Crippen molar-refractivity contribution in [3.63, 3.8) is 0 Å². The van der Waals surface area contributed by atoms with Gasteiger partial charge in [-0.3, -0.25) is 0 Å². The van der Waals surface area contributed by atoms with Crippen LogP contribution in [0.1, 0.15) is 11.1 Å². The molecule has 0 atom stereocenters. The number of nitrogens with two attached hydrogens (primary N) is 1. The van der Waals surface area contributed by atoms with Crippen LogP contribution >= 0.6 is 0 Å². The zero-order valence-electron chi connectivity index (χ0n) is 10.6. The molecular weight excluding hydrogens is 226 g/mol. The van der Waals surface area contributed by atoms with E-state index in [0.717, 1.165) is 28.3 Å². The summed E-state index contributed by atoms with van der Waals surface area (Å²) in [6.07, 6.45) is 0. The summed E-state index contributed by atoms with van der Waals surface area (Å²) in [5.41, 5.74) is 8.61. The summed E-state index contributed by atoms with van der Waals surface area (Å²) in [7, 11) is 1.64. The van der Waals surface area contributed by atoms with Crippen LogP contribution in [0.2, 0.25) is 0 Å². The van der Waals surface area contributed by atoms with Gasteiger partial charge in [-0.15, -0.1) is 0 Å². The first-order valence-corrected chi connectivity index (χ1v) is 5.81. The van der Waals surface area contributed by atoms with E-state index in [4.69, 9.17) is 15.2 Å². The zero-order valence-corrected chi connectivity index (χ0v) is 10.6. The van der Waals surface area contributed by atoms with Gasteiger partial charge >= 0.3 is 0 Å². The highest BCUT2D eigenvalue weighted by Crippen LogP contribution is 2.28. The second kappa shape index (κ2) is 5.45. The van der Waals surface area contributed by atoms with Crippen LogP contribution in [0, 0.1) is 6.92 Å². The van der Waals surface area contributed by atoms with Crippen molar-refractivity contribution in [2.75, 3.05) is 12.8 Å². The fourth-order valence-corrected chi connectivity index (χ4v) is 1.67. The standard InChI is InChI=1S/C15H17NO2/c1-11-3-8-14(15(9-11)17-2)18-10-12-4-6-13(16)7-5-12/h3-9H,10,16H2,1-2H3. The summed E-state index contributed by atoms with van der Waals surface area (Å²) < 4.78 is 11.0. The number of hydrogen-bond acceptors (Lipinski definition) is 3. The van der Waals surface area contributed by atoms with E-state index >= 15 is 0 Å². The van der Waals surface area contributed by atoms with Gasteiger partial charge in [0.15, 0.2) is 11.5 Å². The minimum absolute atomic E-state index is 0.500. The smallest absolute Gasteiger partial charge is 0.161 e. The van der Waals surface area contributed by atoms with Crippen LogP contribution in [-0.2, 0) is 6.61 Å². The molecule has 0 aromatic heterocycles. The van der Waals surface area contributed by atoms with Crippen molar-refractivity contribution in [1.29, 1.82) is 0 Å². The average Bonchev–Trinajstić information content (AvgIpc) is 2.39. The van der Waals surface area contributed by atoms with Crippen LogP contribution in [0.25, 0.3) is 0 Å². The van der Waals surface area contributed by atoms with E-state index in [9.17, 15) is 0 Å². The maximum atomic E-state index is 5.74. The lowest BCUT2D eigenvalue weighted by Crippen LogP contribution is -1.98. The molecule has 0 amide bonds. The van der Waals surface area contributed by atoms with Gasteiger partial charge in [0.2, 0.25) is 0 Å². The molecule has 0 bridgehead atoms. The van der Waals surface area contributed by atoms with Crippen molar-refractivity contribution in [3.05, 3.63) is 53.6 Å². The highest BCUT2D eigenvalue weighted by Gasteiger charge is 2.04. The lowest BCUT2D eigenvalue weighted by atomic mass is 10.2. The Balaban J connectivity index is 2.08. The highest BCUT2D eigenvalue weighted by atomic mass is 16.5. The van der Waals surface area contributed by atoms with E-state index in [2.05, 4.69) is 0 Å². The summed E-state index contributed by atoms with van der Waals surface area (Å²) in [4.78, 5) is 0. The first-order valence-electron chi connectivity index (χ1n) is 5.81. The molecular formula is C15H17NO2. The fraction of sp³-hybridized carbons (Fsp3) is 0.200. The molecule has 0 heterocycles. The molecule has 0 aliphatic rings. The maximum absolute atomic E-state index is 5.74. The molecule has 0 saturated heterocycles. The third kappa shape index (κ3) is 2.94. The lowest BCUT2D eigenvalue weighted by Gasteiger charge is -2.11. The minimum Gasteiger partial charge on any atom is -0.493 e. The number of rotatable bonds is 4. The van der Waals surface area contributed by atoms with Gasteiger partial charge in [-0.1, -0.05) is 18.2 Å². The topological polar surface area (TPSA) is 44.5 Å². The van der Waals surface area contributed by atoms with Crippen molar-refractivity contribution in [2.24, 2.45) is 0 Å². The van der Waals surface area contributed by atoms with Gasteiger partial charge in [-0.05, 0) is 42.3 Å². The minimum atomic E-state index is 0.500. The summed E-state index contributed by atoms with van der Waals surface area (Å²) in [6.45, 7) is 2.52. The Kier molecular flexibility index (Phi) is 3.72. The van der Waals surface area contributed by atoms with Gasteiger partial charge in [0.05, 0.1) is 7.11 Å². The average molecular weight is 243 g/mol. The predicted octanol–water partition coefficient (Wildman–Crippen LogP) is 3.16. The molecule has 2 N–H and O–H groups in total. The Morgan fingerprint density at radius 3 is 2.39 bits per heavy atom. The Morgan fingerprint density at radius 1 is 1.00 bits per heavy atom. The zero-order chi connectivity index (χ0) is 13.0. The normalized spacial score (nSPS) is 10.1. The molecule has 3 heteroatoms. The third-order valence-electron chi connectivity index (χ3n) is 2.69. The van der Waals surface area contributed by atoms with E-state index < -0.39 is 0 Å². The van der Waals surface area contributed by atoms with E-state index in [1.807, 2.05) is 49.4 Å². The van der Waals surface area contributed by atoms with E-state index in [1.165, 1.54) is 0 Å². The van der Waals surface area contributed by atoms with E-state index in [0.29, 0.717) is 6.61 Å². The molecule has 0 saturated carbocycles. The summed E-state index contributed by atoms with van der Waals surface area (Å²) >= 11 is 0. The van der Waals surface area contributed by atoms with Crippen molar-refractivity contribution in [2.45, 2.75) is 13.5 Å². The van der Waals surface area contributed by atoms with Gasteiger partial charge < -0.3 is 15.2 Å². The second-order valence-electron chi connectivity index (χ2n) is 4.18. The molecule has 0 aliphatic carbocycles. The number of benzene rings is 2. The predicted molar refractivity (Wildman–Crippen MR) is 72.9 cm³/mol. The molecule has 2 aromatic carbocycles. The third-order valence-corrected chi connectivity index (χ3v) is 2.69. The molecule has 0 spiro atoms. The monoisotopic (exact) mass is 243 g/mol. The molecule has 2 aromatic rings. The van der Waals surface area contributed by atoms with Gasteiger partial charge in [-0.2, -0.15) is 0 Å². The number of nitrogen functional groups attached to an aromatic ring is 1. The highest BCUT2D eigenvalue weighted by molar-refractivity contribution is 5.43. The van der Waals surface area contributed by atoms with Crippen molar-refractivity contribution in [3.8, 4) is 11.5 Å². The lowest BCUT2D eigenvalue weighted by molar-refractivity contribution is 0.284. The second-order valence-corrected chi connectivity index (χ2v) is 4.18. The van der Waals surface area contributed by atoms with Crippen LogP contribution < -0.4 is 15.2 Å².